The van der Waals surface area contributed by atoms with Gasteiger partial charge in [0.05, 0.1) is 13.0 Å². The van der Waals surface area contributed by atoms with Gasteiger partial charge in [0.2, 0.25) is 5.91 Å². The van der Waals surface area contributed by atoms with Gasteiger partial charge in [0, 0.05) is 31.5 Å². The van der Waals surface area contributed by atoms with Crippen LogP contribution in [-0.2, 0) is 24.0 Å². The molecule has 0 radical (unpaired) electrons. The minimum atomic E-state index is -0.710. The molecule has 2 heterocycles. The molecule has 0 bridgehead atoms. The van der Waals surface area contributed by atoms with Crippen LogP contribution in [0.2, 0.25) is 0 Å². The van der Waals surface area contributed by atoms with Gasteiger partial charge >= 0.3 is 5.97 Å². The van der Waals surface area contributed by atoms with Gasteiger partial charge in [-0.3, -0.25) is 19.3 Å². The lowest BCUT2D eigenvalue weighted by Gasteiger charge is -2.38. The van der Waals surface area contributed by atoms with Crippen molar-refractivity contribution in [2.24, 2.45) is 0 Å². The first-order valence-electron chi connectivity index (χ1n) is 8.47. The zero-order chi connectivity index (χ0) is 17.7. The molecule has 0 aromatic heterocycles. The molecule has 8 nitrogen and oxygen atoms in total. The summed E-state index contributed by atoms with van der Waals surface area (Å²) < 4.78 is 0. The Morgan fingerprint density at radius 3 is 2.29 bits per heavy atom. The zero-order valence-electron chi connectivity index (χ0n) is 14.2. The number of carbonyl (C=O) groups excluding carboxylic acids is 4. The summed E-state index contributed by atoms with van der Waals surface area (Å²) in [6, 6.07) is 0.744. The van der Waals surface area contributed by atoms with Crippen LogP contribution in [0.5, 0.6) is 0 Å². The molecule has 0 aromatic rings. The second kappa shape index (κ2) is 8.23. The van der Waals surface area contributed by atoms with E-state index >= 15 is 0 Å². The summed E-state index contributed by atoms with van der Waals surface area (Å²) in [6.45, 7) is 4.65. The fraction of sp³-hybridized carbons (Fsp3) is 0.750. The van der Waals surface area contributed by atoms with Gasteiger partial charge in [-0.2, -0.15) is 0 Å². The number of nitrogens with zero attached hydrogens (tertiary/aromatic N) is 2. The Kier molecular flexibility index (Phi) is 6.30. The number of carbonyl (C=O) groups is 4. The van der Waals surface area contributed by atoms with E-state index in [2.05, 4.69) is 24.1 Å². The number of hydroxylamine groups is 2. The average molecular weight is 345 g/mol. The van der Waals surface area contributed by atoms with Gasteiger partial charge in [-0.1, -0.05) is 6.42 Å². The molecule has 0 aromatic carbocycles. The number of rotatable bonds is 6. The Balaban J connectivity index is 1.67. The third kappa shape index (κ3) is 4.77. The van der Waals surface area contributed by atoms with Gasteiger partial charge in [0.15, 0.2) is 0 Å². The standard InChI is InChI=1S/C16H25N3O5/c1-11-4-3-5-12(2)18(11)10-13(20)17-9-8-16(23)24-19-14(21)6-7-15(19)22/h11-12H,3-10H2,1-2H3,(H,17,20)/i1+1,2+1,11+1,12+1,13+1,18+1. The molecular formula is C16H25N3O5. The van der Waals surface area contributed by atoms with Crippen molar-refractivity contribution in [3.8, 4) is 0 Å². The summed E-state index contributed by atoms with van der Waals surface area (Å²) in [7, 11) is 0. The maximum atomic E-state index is 12.0. The smallest absolute Gasteiger partial charge is 0.334 e. The zero-order valence-corrected chi connectivity index (χ0v) is 14.2. The van der Waals surface area contributed by atoms with Crippen LogP contribution < -0.4 is 5.32 Å². The molecule has 8 heteroatoms. The summed E-state index contributed by atoms with van der Waals surface area (Å²) in [5, 5.41) is 3.19. The van der Waals surface area contributed by atoms with Crippen LogP contribution in [0.1, 0.15) is 52.4 Å². The van der Waals surface area contributed by atoms with Crippen LogP contribution in [0.25, 0.3) is 0 Å². The lowest BCUT2D eigenvalue weighted by atomic mass is 10.3. The summed E-state index contributed by atoms with van der Waals surface area (Å²) in [5.74, 6) is -1.87. The summed E-state index contributed by atoms with van der Waals surface area (Å²) in [4.78, 5) is 53.2. The minimum absolute atomic E-state index is 0.0645. The van der Waals surface area contributed by atoms with E-state index in [4.69, 9.17) is 4.84 Å². The number of nitrogens with one attached hydrogen (secondary N) is 1. The second-order valence-corrected chi connectivity index (χ2v) is 6.45. The molecule has 2 aliphatic rings. The third-order valence-electron chi connectivity index (χ3n) is 4.55. The lowest BCUT2D eigenvalue weighted by molar-refractivity contribution is -0.197. The van der Waals surface area contributed by atoms with Crippen molar-refractivity contribution in [2.45, 2.75) is 64.5 Å². The van der Waals surface area contributed by atoms with Crippen LogP contribution in [0.15, 0.2) is 0 Å². The van der Waals surface area contributed by atoms with E-state index in [0.717, 1.165) is 12.8 Å². The number of likely N-dealkylation sites (tertiary alicyclic amines) is 1. The summed E-state index contributed by atoms with van der Waals surface area (Å²) >= 11 is 0. The maximum Gasteiger partial charge on any atom is 0.334 e. The van der Waals surface area contributed by atoms with Gasteiger partial charge in [-0.15, -0.1) is 5.06 Å². The van der Waals surface area contributed by atoms with Gasteiger partial charge in [0.25, 0.3) is 11.8 Å². The molecule has 2 rings (SSSR count). The molecule has 2 unspecified atom stereocenters. The number of imide groups is 1. The topological polar surface area (TPSA) is 96.0 Å². The van der Waals surface area contributed by atoms with Gasteiger partial charge in [-0.25, -0.2) is 4.79 Å². The third-order valence-corrected chi connectivity index (χ3v) is 4.55. The van der Waals surface area contributed by atoms with Crippen molar-refractivity contribution >= 4 is 23.7 Å². The number of hydrogen-bond donors (Lipinski definition) is 1. The van der Waals surface area contributed by atoms with Crippen molar-refractivity contribution in [3.05, 3.63) is 0 Å². The first kappa shape index (κ1) is 18.4. The molecule has 0 saturated carbocycles. The number of hydrogen-bond acceptors (Lipinski definition) is 6. The first-order valence-corrected chi connectivity index (χ1v) is 8.47. The highest BCUT2D eigenvalue weighted by molar-refractivity contribution is 6.01. The van der Waals surface area contributed by atoms with Crippen LogP contribution in [0, 0.1) is 0 Å². The first-order chi connectivity index (χ1) is 11.4. The molecule has 24 heavy (non-hydrogen) atoms. The molecule has 134 valence electrons. The highest BCUT2D eigenvalue weighted by atomic mass is 16.7. The van der Waals surface area contributed by atoms with E-state index < -0.39 is 17.8 Å². The molecule has 2 aliphatic heterocycles. The fourth-order valence-corrected chi connectivity index (χ4v) is 3.12. The van der Waals surface area contributed by atoms with Gasteiger partial charge in [-0.05, 0) is 26.7 Å². The van der Waals surface area contributed by atoms with Crippen molar-refractivity contribution in [2.75, 3.05) is 13.1 Å². The molecule has 2 saturated heterocycles. The van der Waals surface area contributed by atoms with E-state index in [1.807, 2.05) is 0 Å². The number of amides is 3. The van der Waals surface area contributed by atoms with Crippen molar-refractivity contribution < 1.29 is 24.0 Å². The largest absolute Gasteiger partial charge is 0.354 e. The average Bonchev–Trinajstić information content (AvgIpc) is 2.83. The summed E-state index contributed by atoms with van der Waals surface area (Å²) in [5.41, 5.74) is 0. The van der Waals surface area contributed by atoms with E-state index in [0.29, 0.717) is 23.7 Å². The molecule has 0 aliphatic carbocycles. The van der Waals surface area contributed by atoms with Gasteiger partial charge in [0.1, 0.15) is 0 Å². The Hall–Kier alpha value is -1.96. The SMILES string of the molecule is [13CH3][13CH]1CCC[13CH]([13CH3])[15N]1C[13C](=O)NCCC(=O)ON1C(=O)CCC1=O. The van der Waals surface area contributed by atoms with E-state index in [9.17, 15) is 19.2 Å². The van der Waals surface area contributed by atoms with Crippen molar-refractivity contribution in [1.29, 1.82) is 0 Å². The highest BCUT2D eigenvalue weighted by Gasteiger charge is 2.32. The number of piperidine rings is 1. The molecular weight excluding hydrogens is 320 g/mol. The Labute approximate surface area is 141 Å². The monoisotopic (exact) mass is 345 g/mol. The predicted molar refractivity (Wildman–Crippen MR) is 84.3 cm³/mol. The summed E-state index contributed by atoms with van der Waals surface area (Å²) in [6.07, 6.45) is 3.39. The van der Waals surface area contributed by atoms with Crippen LogP contribution >= 0.6 is 0 Å². The van der Waals surface area contributed by atoms with Crippen LogP contribution in [0.3, 0.4) is 0 Å². The van der Waals surface area contributed by atoms with Crippen LogP contribution in [0.4, 0.5) is 0 Å². The predicted octanol–water partition coefficient (Wildman–Crippen LogP) is 0.363. The van der Waals surface area contributed by atoms with E-state index in [1.165, 1.54) is 6.42 Å². The second-order valence-electron chi connectivity index (χ2n) is 6.45. The minimum Gasteiger partial charge on any atom is -0.354 e. The Morgan fingerprint density at radius 2 is 1.71 bits per heavy atom. The molecule has 2 atom stereocenters. The Morgan fingerprint density at radius 1 is 1.12 bits per heavy atom. The van der Waals surface area contributed by atoms with Crippen molar-refractivity contribution in [1.82, 2.24) is 15.3 Å². The van der Waals surface area contributed by atoms with E-state index in [1.54, 1.807) is 0 Å². The van der Waals surface area contributed by atoms with Crippen molar-refractivity contribution in [3.63, 3.8) is 0 Å². The normalized spacial score (nSPS) is 25.0. The fourth-order valence-electron chi connectivity index (χ4n) is 3.12. The molecule has 0 spiro atoms. The van der Waals surface area contributed by atoms with Crippen LogP contribution in [-0.4, -0.2) is 58.8 Å². The quantitative estimate of drug-likeness (QED) is 0.424. The maximum absolute atomic E-state index is 12.0. The molecule has 1 N–H and O–H groups in total. The molecule has 3 amide bonds. The van der Waals surface area contributed by atoms with E-state index in [-0.39, 0.29) is 31.7 Å². The lowest BCUT2D eigenvalue weighted by Crippen LogP contribution is -2.48. The Bertz CT molecular complexity index is 496. The van der Waals surface area contributed by atoms with Gasteiger partial charge < -0.3 is 10.2 Å². The highest BCUT2D eigenvalue weighted by Crippen LogP contribution is 2.21. The molecule has 2 fully saturated rings.